The van der Waals surface area contributed by atoms with E-state index in [0.717, 1.165) is 18.8 Å². The molecule has 3 rings (SSSR count). The van der Waals surface area contributed by atoms with Crippen LogP contribution in [-0.2, 0) is 4.79 Å². The highest BCUT2D eigenvalue weighted by molar-refractivity contribution is 8.06. The topological polar surface area (TPSA) is 99.8 Å². The van der Waals surface area contributed by atoms with Crippen LogP contribution < -0.4 is 5.32 Å². The molecule has 1 aromatic carbocycles. The first-order valence-electron chi connectivity index (χ1n) is 8.38. The molecule has 2 aliphatic heterocycles. The zero-order chi connectivity index (χ0) is 18.7. The summed E-state index contributed by atoms with van der Waals surface area (Å²) < 4.78 is 0. The van der Waals surface area contributed by atoms with Gasteiger partial charge in [0.15, 0.2) is 11.5 Å². The molecule has 1 amide bonds. The minimum absolute atomic E-state index is 0.132. The highest BCUT2D eigenvalue weighted by Crippen LogP contribution is 2.42. The van der Waals surface area contributed by atoms with Gasteiger partial charge in [0.05, 0.1) is 5.70 Å². The van der Waals surface area contributed by atoms with Gasteiger partial charge in [-0.05, 0) is 25.1 Å². The Morgan fingerprint density at radius 2 is 2.04 bits per heavy atom. The third-order valence-electron chi connectivity index (χ3n) is 4.35. The highest BCUT2D eigenvalue weighted by Gasteiger charge is 2.30. The maximum Gasteiger partial charge on any atom is 0.267 e. The van der Waals surface area contributed by atoms with Gasteiger partial charge in [-0.25, -0.2) is 0 Å². The molecule has 0 radical (unpaired) electrons. The Kier molecular flexibility index (Phi) is 5.40. The van der Waals surface area contributed by atoms with Crippen LogP contribution >= 0.6 is 11.8 Å². The number of nitriles is 1. The number of phenols is 2. The van der Waals surface area contributed by atoms with Gasteiger partial charge in [-0.15, -0.1) is 0 Å². The molecule has 26 heavy (non-hydrogen) atoms. The lowest BCUT2D eigenvalue weighted by molar-refractivity contribution is -0.127. The van der Waals surface area contributed by atoms with Crippen LogP contribution in [-0.4, -0.2) is 58.6 Å². The number of aromatic hydroxyl groups is 2. The fourth-order valence-electron chi connectivity index (χ4n) is 2.98. The monoisotopic (exact) mass is 372 g/mol. The van der Waals surface area contributed by atoms with Gasteiger partial charge in [0, 0.05) is 43.7 Å². The Morgan fingerprint density at radius 3 is 2.65 bits per heavy atom. The normalized spacial score (nSPS) is 19.2. The molecule has 0 aliphatic carbocycles. The van der Waals surface area contributed by atoms with Crippen molar-refractivity contribution >= 4 is 23.4 Å². The van der Waals surface area contributed by atoms with Crippen LogP contribution in [0.1, 0.15) is 12.5 Å². The molecule has 8 heteroatoms. The minimum atomic E-state index is -0.252. The van der Waals surface area contributed by atoms with E-state index in [4.69, 9.17) is 0 Å². The van der Waals surface area contributed by atoms with E-state index in [2.05, 4.69) is 11.4 Å². The maximum atomic E-state index is 12.8. The standard InChI is InChI=1S/C18H20N4O3S/c1-2-22-14(12-3-4-15(23)16(24)9-12)11-26-18(22)13(10-19)17(25)21-7-5-20-6-8-21/h3-4,9,11,20,23-24H,2,5-8H2,1H3/b18-13-. The molecular formula is C18H20N4O3S. The van der Waals surface area contributed by atoms with Crippen LogP contribution in [0.4, 0.5) is 0 Å². The van der Waals surface area contributed by atoms with Crippen LogP contribution in [0.25, 0.3) is 5.70 Å². The molecular weight excluding hydrogens is 352 g/mol. The van der Waals surface area contributed by atoms with Crippen molar-refractivity contribution in [2.75, 3.05) is 32.7 Å². The molecule has 7 nitrogen and oxygen atoms in total. The second-order valence-corrected chi connectivity index (χ2v) is 6.76. The summed E-state index contributed by atoms with van der Waals surface area (Å²) in [4.78, 5) is 16.4. The predicted molar refractivity (Wildman–Crippen MR) is 99.8 cm³/mol. The average Bonchev–Trinajstić information content (AvgIpc) is 3.09. The molecule has 3 N–H and O–H groups in total. The van der Waals surface area contributed by atoms with E-state index < -0.39 is 0 Å². The molecule has 0 atom stereocenters. The third kappa shape index (κ3) is 3.36. The van der Waals surface area contributed by atoms with E-state index in [-0.39, 0.29) is 23.0 Å². The Bertz CT molecular complexity index is 822. The Balaban J connectivity index is 1.92. The molecule has 0 saturated carbocycles. The molecule has 0 aromatic heterocycles. The number of hydrogen-bond acceptors (Lipinski definition) is 7. The molecule has 1 aromatic rings. The molecule has 136 valence electrons. The van der Waals surface area contributed by atoms with Gasteiger partial charge >= 0.3 is 0 Å². The second kappa shape index (κ2) is 7.72. The number of carbonyl (C=O) groups is 1. The van der Waals surface area contributed by atoms with E-state index in [0.29, 0.717) is 30.2 Å². The van der Waals surface area contributed by atoms with Crippen molar-refractivity contribution in [3.05, 3.63) is 39.8 Å². The number of nitrogens with one attached hydrogen (secondary N) is 1. The van der Waals surface area contributed by atoms with Crippen molar-refractivity contribution in [2.24, 2.45) is 0 Å². The number of phenolic OH excluding ortho intramolecular Hbond substituents is 2. The van der Waals surface area contributed by atoms with Crippen molar-refractivity contribution in [2.45, 2.75) is 6.92 Å². The summed E-state index contributed by atoms with van der Waals surface area (Å²) in [6.07, 6.45) is 0. The molecule has 1 saturated heterocycles. The molecule has 0 spiro atoms. The van der Waals surface area contributed by atoms with Crippen molar-refractivity contribution in [3.63, 3.8) is 0 Å². The first kappa shape index (κ1) is 18.2. The molecule has 1 fully saturated rings. The lowest BCUT2D eigenvalue weighted by Crippen LogP contribution is -2.47. The SMILES string of the molecule is CCN1C(c2ccc(O)c(O)c2)=CS/C1=C(/C#N)C(=O)N1CCNCC1. The zero-order valence-electron chi connectivity index (χ0n) is 14.4. The summed E-state index contributed by atoms with van der Waals surface area (Å²) in [6, 6.07) is 6.66. The Morgan fingerprint density at radius 1 is 1.31 bits per heavy atom. The molecule has 0 bridgehead atoms. The minimum Gasteiger partial charge on any atom is -0.504 e. The number of piperazine rings is 1. The summed E-state index contributed by atoms with van der Waals surface area (Å²) >= 11 is 1.33. The van der Waals surface area contributed by atoms with Crippen molar-refractivity contribution in [1.29, 1.82) is 5.26 Å². The number of carbonyl (C=O) groups excluding carboxylic acids is 1. The fourth-order valence-corrected chi connectivity index (χ4v) is 4.07. The summed E-state index contributed by atoms with van der Waals surface area (Å²) in [5.41, 5.74) is 1.62. The van der Waals surface area contributed by atoms with Crippen molar-refractivity contribution in [1.82, 2.24) is 15.1 Å². The number of benzene rings is 1. The van der Waals surface area contributed by atoms with E-state index in [1.165, 1.54) is 23.9 Å². The number of amides is 1. The van der Waals surface area contributed by atoms with E-state index in [1.807, 2.05) is 17.2 Å². The number of thioether (sulfide) groups is 1. The Hall–Kier alpha value is -2.63. The van der Waals surface area contributed by atoms with Crippen LogP contribution in [0.2, 0.25) is 0 Å². The largest absolute Gasteiger partial charge is 0.504 e. The average molecular weight is 372 g/mol. The van der Waals surface area contributed by atoms with E-state index in [9.17, 15) is 20.3 Å². The van der Waals surface area contributed by atoms with Gasteiger partial charge in [0.1, 0.15) is 16.7 Å². The fraction of sp³-hybridized carbons (Fsp3) is 0.333. The van der Waals surface area contributed by atoms with Crippen molar-refractivity contribution in [3.8, 4) is 17.6 Å². The summed E-state index contributed by atoms with van der Waals surface area (Å²) in [7, 11) is 0. The summed E-state index contributed by atoms with van der Waals surface area (Å²) in [6.45, 7) is 5.11. The second-order valence-electron chi connectivity index (χ2n) is 5.90. The van der Waals surface area contributed by atoms with Crippen LogP contribution in [0.5, 0.6) is 11.5 Å². The van der Waals surface area contributed by atoms with Gasteiger partial charge in [0.25, 0.3) is 5.91 Å². The third-order valence-corrected chi connectivity index (χ3v) is 5.34. The van der Waals surface area contributed by atoms with Gasteiger partial charge in [-0.2, -0.15) is 5.26 Å². The number of nitrogens with zero attached hydrogens (tertiary/aromatic N) is 3. The highest BCUT2D eigenvalue weighted by atomic mass is 32.2. The smallest absolute Gasteiger partial charge is 0.267 e. The lowest BCUT2D eigenvalue weighted by Gasteiger charge is -2.28. The lowest BCUT2D eigenvalue weighted by atomic mass is 10.1. The van der Waals surface area contributed by atoms with Crippen molar-refractivity contribution < 1.29 is 15.0 Å². The van der Waals surface area contributed by atoms with Crippen LogP contribution in [0.15, 0.2) is 34.2 Å². The maximum absolute atomic E-state index is 12.8. The van der Waals surface area contributed by atoms with Crippen LogP contribution in [0.3, 0.4) is 0 Å². The quantitative estimate of drug-likeness (QED) is 0.421. The van der Waals surface area contributed by atoms with Gasteiger partial charge in [-0.3, -0.25) is 4.79 Å². The van der Waals surface area contributed by atoms with Crippen LogP contribution in [0, 0.1) is 11.3 Å². The first-order valence-corrected chi connectivity index (χ1v) is 9.25. The summed E-state index contributed by atoms with van der Waals surface area (Å²) in [5, 5.41) is 34.5. The predicted octanol–water partition coefficient (Wildman–Crippen LogP) is 1.63. The van der Waals surface area contributed by atoms with E-state index in [1.54, 1.807) is 11.0 Å². The zero-order valence-corrected chi connectivity index (χ0v) is 15.2. The molecule has 0 unspecified atom stereocenters. The Labute approximate surface area is 156 Å². The summed E-state index contributed by atoms with van der Waals surface area (Å²) in [5.74, 6) is -0.650. The van der Waals surface area contributed by atoms with Gasteiger partial charge in [-0.1, -0.05) is 11.8 Å². The van der Waals surface area contributed by atoms with Gasteiger partial charge in [0.2, 0.25) is 0 Å². The molecule has 2 aliphatic rings. The first-order chi connectivity index (χ1) is 12.6. The molecule has 2 heterocycles. The van der Waals surface area contributed by atoms with Gasteiger partial charge < -0.3 is 25.3 Å². The number of hydrogen-bond donors (Lipinski definition) is 3. The number of rotatable bonds is 3. The van der Waals surface area contributed by atoms with E-state index >= 15 is 0 Å².